The molecule has 6 heteroatoms. The molecule has 2 aliphatic rings. The summed E-state index contributed by atoms with van der Waals surface area (Å²) >= 11 is 11.4. The Kier molecular flexibility index (Phi) is 4.84. The van der Waals surface area contributed by atoms with Crippen LogP contribution in [-0.2, 0) is 4.79 Å². The van der Waals surface area contributed by atoms with E-state index in [1.54, 1.807) is 0 Å². The summed E-state index contributed by atoms with van der Waals surface area (Å²) in [5.74, 6) is 0.241. The molecule has 2 N–H and O–H groups in total. The van der Waals surface area contributed by atoms with Gasteiger partial charge >= 0.3 is 0 Å². The van der Waals surface area contributed by atoms with Crippen molar-refractivity contribution in [2.75, 3.05) is 11.9 Å². The number of rotatable bonds is 3. The third kappa shape index (κ3) is 3.52. The number of anilines is 1. The Morgan fingerprint density at radius 1 is 1.27 bits per heavy atom. The van der Waals surface area contributed by atoms with Crippen LogP contribution < -0.4 is 10.6 Å². The van der Waals surface area contributed by atoms with Crippen LogP contribution in [-0.4, -0.2) is 34.5 Å². The fourth-order valence-corrected chi connectivity index (χ4v) is 3.76. The standard InChI is InChI=1S/C16H20ClN3OS/c17-13-7-3-4-8-14(13)19-16(22)18-11-9-15(21)20(10-11)12-5-1-2-6-12/h3-4,7-8,11-12H,1-2,5-6,9-10H2,(H2,18,19,22). The first-order valence-corrected chi connectivity index (χ1v) is 8.53. The molecule has 2 fully saturated rings. The smallest absolute Gasteiger partial charge is 0.225 e. The van der Waals surface area contributed by atoms with Crippen LogP contribution in [0.4, 0.5) is 5.69 Å². The van der Waals surface area contributed by atoms with Crippen molar-refractivity contribution in [1.82, 2.24) is 10.2 Å². The minimum absolute atomic E-state index is 0.0792. The highest BCUT2D eigenvalue weighted by atomic mass is 35.5. The van der Waals surface area contributed by atoms with Crippen LogP contribution in [0, 0.1) is 0 Å². The van der Waals surface area contributed by atoms with Gasteiger partial charge in [0, 0.05) is 19.0 Å². The molecular weight excluding hydrogens is 318 g/mol. The fourth-order valence-electron chi connectivity index (χ4n) is 3.30. The van der Waals surface area contributed by atoms with Gasteiger partial charge in [0.2, 0.25) is 5.91 Å². The first-order valence-electron chi connectivity index (χ1n) is 7.75. The van der Waals surface area contributed by atoms with Crippen LogP contribution in [0.25, 0.3) is 0 Å². The van der Waals surface area contributed by atoms with E-state index in [0.29, 0.717) is 22.6 Å². The van der Waals surface area contributed by atoms with Crippen LogP contribution in [0.5, 0.6) is 0 Å². The Bertz CT molecular complexity index is 574. The Balaban J connectivity index is 1.54. The quantitative estimate of drug-likeness (QED) is 0.832. The maximum absolute atomic E-state index is 12.2. The van der Waals surface area contributed by atoms with E-state index in [-0.39, 0.29) is 11.9 Å². The maximum atomic E-state index is 12.2. The van der Waals surface area contributed by atoms with Crippen LogP contribution in [0.2, 0.25) is 5.02 Å². The number of thiocarbonyl (C=S) groups is 1. The van der Waals surface area contributed by atoms with Crippen LogP contribution in [0.1, 0.15) is 32.1 Å². The van der Waals surface area contributed by atoms with Crippen LogP contribution >= 0.6 is 23.8 Å². The van der Waals surface area contributed by atoms with Gasteiger partial charge in [-0.05, 0) is 37.2 Å². The molecule has 1 heterocycles. The van der Waals surface area contributed by atoms with Gasteiger partial charge in [0.25, 0.3) is 0 Å². The van der Waals surface area contributed by atoms with Gasteiger partial charge in [0.15, 0.2) is 5.11 Å². The zero-order valence-electron chi connectivity index (χ0n) is 12.3. The number of likely N-dealkylation sites (tertiary alicyclic amines) is 1. The summed E-state index contributed by atoms with van der Waals surface area (Å²) in [6.45, 7) is 0.744. The molecule has 118 valence electrons. The van der Waals surface area contributed by atoms with E-state index in [2.05, 4.69) is 10.6 Å². The lowest BCUT2D eigenvalue weighted by atomic mass is 10.2. The summed E-state index contributed by atoms with van der Waals surface area (Å²) in [7, 11) is 0. The number of hydrogen-bond donors (Lipinski definition) is 2. The highest BCUT2D eigenvalue weighted by molar-refractivity contribution is 7.80. The molecule has 0 aromatic heterocycles. The van der Waals surface area contributed by atoms with Gasteiger partial charge in [0.1, 0.15) is 0 Å². The first kappa shape index (κ1) is 15.6. The van der Waals surface area contributed by atoms with Crippen molar-refractivity contribution in [3.63, 3.8) is 0 Å². The Hall–Kier alpha value is -1.33. The summed E-state index contributed by atoms with van der Waals surface area (Å²) in [6, 6.07) is 7.98. The number of nitrogens with zero attached hydrogens (tertiary/aromatic N) is 1. The summed E-state index contributed by atoms with van der Waals surface area (Å²) < 4.78 is 0. The molecule has 0 radical (unpaired) electrons. The molecule has 1 aliphatic carbocycles. The molecule has 1 saturated carbocycles. The van der Waals surface area contributed by atoms with Crippen LogP contribution in [0.3, 0.4) is 0 Å². The number of para-hydroxylation sites is 1. The Labute approximate surface area is 141 Å². The number of halogens is 1. The van der Waals surface area contributed by atoms with Crippen molar-refractivity contribution in [3.8, 4) is 0 Å². The average molecular weight is 338 g/mol. The third-order valence-electron chi connectivity index (χ3n) is 4.38. The highest BCUT2D eigenvalue weighted by Gasteiger charge is 2.35. The largest absolute Gasteiger partial charge is 0.357 e. The molecule has 22 heavy (non-hydrogen) atoms. The molecule has 0 bridgehead atoms. The molecule has 0 spiro atoms. The van der Waals surface area contributed by atoms with E-state index < -0.39 is 0 Å². The van der Waals surface area contributed by atoms with Crippen molar-refractivity contribution in [3.05, 3.63) is 29.3 Å². The zero-order valence-corrected chi connectivity index (χ0v) is 13.9. The topological polar surface area (TPSA) is 44.4 Å². The summed E-state index contributed by atoms with van der Waals surface area (Å²) in [6.07, 6.45) is 5.26. The minimum Gasteiger partial charge on any atom is -0.357 e. The second-order valence-corrected chi connectivity index (χ2v) is 6.78. The molecule has 1 atom stereocenters. The lowest BCUT2D eigenvalue weighted by molar-refractivity contribution is -0.129. The molecule has 1 aliphatic heterocycles. The van der Waals surface area contributed by atoms with E-state index in [1.807, 2.05) is 29.2 Å². The average Bonchev–Trinajstić information content (AvgIpc) is 3.11. The molecule has 1 aromatic rings. The van der Waals surface area contributed by atoms with E-state index in [4.69, 9.17) is 23.8 Å². The van der Waals surface area contributed by atoms with Gasteiger partial charge in [-0.1, -0.05) is 36.6 Å². The second kappa shape index (κ2) is 6.84. The van der Waals surface area contributed by atoms with Crippen molar-refractivity contribution in [2.45, 2.75) is 44.2 Å². The maximum Gasteiger partial charge on any atom is 0.225 e. The lowest BCUT2D eigenvalue weighted by Gasteiger charge is -2.24. The van der Waals surface area contributed by atoms with E-state index in [0.717, 1.165) is 25.1 Å². The second-order valence-electron chi connectivity index (χ2n) is 5.96. The molecule has 4 nitrogen and oxygen atoms in total. The number of carbonyl (C=O) groups excluding carboxylic acids is 1. The number of benzene rings is 1. The number of nitrogens with one attached hydrogen (secondary N) is 2. The van der Waals surface area contributed by atoms with Gasteiger partial charge in [-0.3, -0.25) is 4.79 Å². The van der Waals surface area contributed by atoms with Crippen LogP contribution in [0.15, 0.2) is 24.3 Å². The van der Waals surface area contributed by atoms with Crippen molar-refractivity contribution >= 4 is 40.5 Å². The normalized spacial score (nSPS) is 22.1. The summed E-state index contributed by atoms with van der Waals surface area (Å²) in [4.78, 5) is 14.2. The molecule has 3 rings (SSSR count). The van der Waals surface area contributed by atoms with Crippen molar-refractivity contribution in [1.29, 1.82) is 0 Å². The van der Waals surface area contributed by atoms with Crippen molar-refractivity contribution < 1.29 is 4.79 Å². The van der Waals surface area contributed by atoms with Crippen molar-refractivity contribution in [2.24, 2.45) is 0 Å². The predicted molar refractivity (Wildman–Crippen MR) is 93.2 cm³/mol. The fraction of sp³-hybridized carbons (Fsp3) is 0.500. The molecule has 1 amide bonds. The Morgan fingerprint density at radius 2 is 2.00 bits per heavy atom. The van der Waals surface area contributed by atoms with Gasteiger partial charge in [0.05, 0.1) is 16.8 Å². The molecule has 1 unspecified atom stereocenters. The highest BCUT2D eigenvalue weighted by Crippen LogP contribution is 2.27. The Morgan fingerprint density at radius 3 is 2.73 bits per heavy atom. The zero-order chi connectivity index (χ0) is 15.5. The van der Waals surface area contributed by atoms with Gasteiger partial charge in [-0.25, -0.2) is 0 Å². The van der Waals surface area contributed by atoms with Gasteiger partial charge in [-0.15, -0.1) is 0 Å². The van der Waals surface area contributed by atoms with Gasteiger partial charge < -0.3 is 15.5 Å². The first-order chi connectivity index (χ1) is 10.6. The molecule has 1 aromatic carbocycles. The summed E-state index contributed by atoms with van der Waals surface area (Å²) in [5, 5.41) is 7.47. The predicted octanol–water partition coefficient (Wildman–Crippen LogP) is 3.17. The summed E-state index contributed by atoms with van der Waals surface area (Å²) in [5.41, 5.74) is 0.777. The molecular formula is C16H20ClN3OS. The monoisotopic (exact) mass is 337 g/mol. The van der Waals surface area contributed by atoms with E-state index in [1.165, 1.54) is 12.8 Å². The SMILES string of the molecule is O=C1CC(NC(=S)Nc2ccccc2Cl)CN1C1CCCC1. The third-order valence-corrected chi connectivity index (χ3v) is 4.93. The van der Waals surface area contributed by atoms with E-state index in [9.17, 15) is 4.79 Å². The minimum atomic E-state index is 0.0792. The molecule has 1 saturated heterocycles. The van der Waals surface area contributed by atoms with E-state index >= 15 is 0 Å². The number of carbonyl (C=O) groups is 1. The van der Waals surface area contributed by atoms with Gasteiger partial charge in [-0.2, -0.15) is 0 Å². The lowest BCUT2D eigenvalue weighted by Crippen LogP contribution is -2.41. The number of hydrogen-bond acceptors (Lipinski definition) is 2. The number of amides is 1.